The average molecular weight is 283 g/mol. The fourth-order valence-corrected chi connectivity index (χ4v) is 2.02. The van der Waals surface area contributed by atoms with Gasteiger partial charge >= 0.3 is 0 Å². The Bertz CT molecular complexity index is 425. The molecule has 1 aliphatic rings. The number of aliphatic hydroxyl groups is 2. The molecule has 5 nitrogen and oxygen atoms in total. The summed E-state index contributed by atoms with van der Waals surface area (Å²) in [5.41, 5.74) is 2.28. The standard InChI is InChI=1S/C13H17NO4S/c1-8-11(15)6-12(16)13(17-8)18-10-4-2-9(3-5-10)14-7-19/h2-5,7-8,11-13,15-16H,6H2,1H3,(H,14,19)/t8-,11-,12?,13+/m0/s1. The van der Waals surface area contributed by atoms with Crippen LogP contribution in [0.4, 0.5) is 5.69 Å². The Kier molecular flexibility index (Phi) is 4.71. The second-order valence-corrected chi connectivity index (χ2v) is 4.72. The van der Waals surface area contributed by atoms with Crippen molar-refractivity contribution in [2.75, 3.05) is 5.32 Å². The van der Waals surface area contributed by atoms with Gasteiger partial charge in [-0.05, 0) is 31.2 Å². The van der Waals surface area contributed by atoms with Crippen LogP contribution in [0.1, 0.15) is 13.3 Å². The summed E-state index contributed by atoms with van der Waals surface area (Å²) < 4.78 is 11.0. The molecular weight excluding hydrogens is 266 g/mol. The van der Waals surface area contributed by atoms with E-state index < -0.39 is 18.5 Å². The Hall–Kier alpha value is -1.21. The lowest BCUT2D eigenvalue weighted by Gasteiger charge is -2.35. The number of benzene rings is 1. The maximum Gasteiger partial charge on any atom is 0.226 e. The van der Waals surface area contributed by atoms with Gasteiger partial charge in [-0.3, -0.25) is 0 Å². The van der Waals surface area contributed by atoms with Crippen LogP contribution >= 0.6 is 12.2 Å². The van der Waals surface area contributed by atoms with Gasteiger partial charge in [0.05, 0.1) is 17.7 Å². The molecule has 3 N–H and O–H groups in total. The SMILES string of the molecule is C[C@@H]1O[C@H](Oc2ccc(NC=S)cc2)C(O)C[C@@H]1O. The van der Waals surface area contributed by atoms with Gasteiger partial charge in [0.1, 0.15) is 11.9 Å². The normalized spacial score (nSPS) is 30.7. The maximum atomic E-state index is 9.82. The number of ether oxygens (including phenoxy) is 2. The minimum absolute atomic E-state index is 0.246. The summed E-state index contributed by atoms with van der Waals surface area (Å²) >= 11 is 4.69. The molecule has 1 fully saturated rings. The molecule has 1 heterocycles. The fourth-order valence-electron chi connectivity index (χ4n) is 1.88. The Labute approximate surface area is 117 Å². The van der Waals surface area contributed by atoms with Gasteiger partial charge in [-0.15, -0.1) is 0 Å². The molecular formula is C13H17NO4S. The van der Waals surface area contributed by atoms with E-state index in [1.54, 1.807) is 19.1 Å². The van der Waals surface area contributed by atoms with E-state index in [9.17, 15) is 10.2 Å². The van der Waals surface area contributed by atoms with Crippen LogP contribution < -0.4 is 10.1 Å². The van der Waals surface area contributed by atoms with E-state index in [1.165, 1.54) is 5.49 Å². The number of hydrogen-bond donors (Lipinski definition) is 3. The van der Waals surface area contributed by atoms with Gasteiger partial charge in [-0.2, -0.15) is 0 Å². The summed E-state index contributed by atoms with van der Waals surface area (Å²) in [4.78, 5) is 0. The molecule has 0 aromatic heterocycles. The number of thiocarbonyl (C=S) groups is 1. The molecule has 2 rings (SSSR count). The minimum atomic E-state index is -0.843. The number of rotatable bonds is 4. The molecule has 1 unspecified atom stereocenters. The Morgan fingerprint density at radius 3 is 2.63 bits per heavy atom. The first kappa shape index (κ1) is 14.2. The largest absolute Gasteiger partial charge is 0.462 e. The highest BCUT2D eigenvalue weighted by Gasteiger charge is 2.35. The van der Waals surface area contributed by atoms with E-state index in [0.717, 1.165) is 5.69 Å². The van der Waals surface area contributed by atoms with Crippen molar-refractivity contribution in [1.82, 2.24) is 0 Å². The quantitative estimate of drug-likeness (QED) is 0.723. The molecule has 19 heavy (non-hydrogen) atoms. The first-order valence-electron chi connectivity index (χ1n) is 6.08. The molecule has 1 aromatic carbocycles. The van der Waals surface area contributed by atoms with Crippen LogP contribution in [0.3, 0.4) is 0 Å². The van der Waals surface area contributed by atoms with Gasteiger partial charge in [-0.25, -0.2) is 0 Å². The van der Waals surface area contributed by atoms with Crippen molar-refractivity contribution in [3.05, 3.63) is 24.3 Å². The third-order valence-corrected chi connectivity index (χ3v) is 3.14. The zero-order valence-corrected chi connectivity index (χ0v) is 11.3. The van der Waals surface area contributed by atoms with Gasteiger partial charge in [0.15, 0.2) is 0 Å². The predicted molar refractivity (Wildman–Crippen MR) is 75.3 cm³/mol. The molecule has 0 saturated carbocycles. The number of nitrogens with one attached hydrogen (secondary N) is 1. The smallest absolute Gasteiger partial charge is 0.226 e. The number of hydrogen-bond acceptors (Lipinski definition) is 5. The lowest BCUT2D eigenvalue weighted by Crippen LogP contribution is -2.48. The third-order valence-electron chi connectivity index (χ3n) is 3.02. The van der Waals surface area contributed by atoms with E-state index >= 15 is 0 Å². The molecule has 0 bridgehead atoms. The Morgan fingerprint density at radius 2 is 2.00 bits per heavy atom. The first-order valence-corrected chi connectivity index (χ1v) is 6.56. The topological polar surface area (TPSA) is 71.0 Å². The molecule has 1 aliphatic heterocycles. The molecule has 0 aliphatic carbocycles. The zero-order chi connectivity index (χ0) is 13.8. The second kappa shape index (κ2) is 6.29. The van der Waals surface area contributed by atoms with Gasteiger partial charge in [0.2, 0.25) is 6.29 Å². The second-order valence-electron chi connectivity index (χ2n) is 4.48. The molecule has 0 spiro atoms. The minimum Gasteiger partial charge on any atom is -0.462 e. The van der Waals surface area contributed by atoms with E-state index in [2.05, 4.69) is 5.32 Å². The molecule has 104 valence electrons. The van der Waals surface area contributed by atoms with Gasteiger partial charge in [-0.1, -0.05) is 12.2 Å². The zero-order valence-electron chi connectivity index (χ0n) is 10.5. The van der Waals surface area contributed by atoms with Gasteiger partial charge < -0.3 is 25.0 Å². The van der Waals surface area contributed by atoms with Crippen LogP contribution in [0.2, 0.25) is 0 Å². The van der Waals surface area contributed by atoms with Crippen molar-refractivity contribution < 1.29 is 19.7 Å². The van der Waals surface area contributed by atoms with Crippen molar-refractivity contribution in [3.63, 3.8) is 0 Å². The number of aliphatic hydroxyl groups excluding tert-OH is 2. The van der Waals surface area contributed by atoms with Crippen molar-refractivity contribution in [1.29, 1.82) is 0 Å². The molecule has 1 saturated heterocycles. The van der Waals surface area contributed by atoms with E-state index in [1.807, 2.05) is 12.1 Å². The van der Waals surface area contributed by atoms with Gasteiger partial charge in [0, 0.05) is 12.1 Å². The van der Waals surface area contributed by atoms with Crippen LogP contribution in [0.5, 0.6) is 5.75 Å². The third kappa shape index (κ3) is 3.63. The molecule has 4 atom stereocenters. The predicted octanol–water partition coefficient (Wildman–Crippen LogP) is 1.29. The molecule has 1 aromatic rings. The maximum absolute atomic E-state index is 9.82. The highest BCUT2D eigenvalue weighted by molar-refractivity contribution is 7.79. The van der Waals surface area contributed by atoms with Crippen LogP contribution in [-0.2, 0) is 4.74 Å². The van der Waals surface area contributed by atoms with Crippen molar-refractivity contribution in [2.24, 2.45) is 0 Å². The summed E-state index contributed by atoms with van der Waals surface area (Å²) in [6, 6.07) is 7.14. The first-order chi connectivity index (χ1) is 9.10. The summed E-state index contributed by atoms with van der Waals surface area (Å²) in [7, 11) is 0. The van der Waals surface area contributed by atoms with Crippen molar-refractivity contribution in [3.8, 4) is 5.75 Å². The van der Waals surface area contributed by atoms with Gasteiger partial charge in [0.25, 0.3) is 0 Å². The summed E-state index contributed by atoms with van der Waals surface area (Å²) in [5, 5.41) is 22.3. The van der Waals surface area contributed by atoms with Crippen LogP contribution in [-0.4, -0.2) is 40.3 Å². The fraction of sp³-hybridized carbons (Fsp3) is 0.462. The highest BCUT2D eigenvalue weighted by atomic mass is 32.1. The van der Waals surface area contributed by atoms with Crippen molar-refractivity contribution in [2.45, 2.75) is 37.9 Å². The monoisotopic (exact) mass is 283 g/mol. The summed E-state index contributed by atoms with van der Waals surface area (Å²) in [6.45, 7) is 1.75. The average Bonchev–Trinajstić information content (AvgIpc) is 2.38. The van der Waals surface area contributed by atoms with E-state index in [4.69, 9.17) is 21.7 Å². The molecule has 0 amide bonds. The highest BCUT2D eigenvalue weighted by Crippen LogP contribution is 2.24. The van der Waals surface area contributed by atoms with Crippen LogP contribution in [0.25, 0.3) is 0 Å². The number of anilines is 1. The van der Waals surface area contributed by atoms with Crippen LogP contribution in [0, 0.1) is 0 Å². The van der Waals surface area contributed by atoms with Crippen molar-refractivity contribution >= 4 is 23.4 Å². The molecule has 0 radical (unpaired) electrons. The Balaban J connectivity index is 1.98. The lowest BCUT2D eigenvalue weighted by molar-refractivity contribution is -0.228. The van der Waals surface area contributed by atoms with E-state index in [-0.39, 0.29) is 12.5 Å². The lowest BCUT2D eigenvalue weighted by atomic mass is 10.0. The van der Waals surface area contributed by atoms with Crippen LogP contribution in [0.15, 0.2) is 24.3 Å². The Morgan fingerprint density at radius 1 is 1.32 bits per heavy atom. The van der Waals surface area contributed by atoms with E-state index in [0.29, 0.717) is 5.75 Å². The molecule has 6 heteroatoms. The summed E-state index contributed by atoms with van der Waals surface area (Å²) in [5.74, 6) is 0.586. The summed E-state index contributed by atoms with van der Waals surface area (Å²) in [6.07, 6.45) is -2.38.